The molecule has 0 radical (unpaired) electrons. The summed E-state index contributed by atoms with van der Waals surface area (Å²) in [5.74, 6) is 1.29. The fourth-order valence-electron chi connectivity index (χ4n) is 2.96. The quantitative estimate of drug-likeness (QED) is 0.934. The Hall–Kier alpha value is -1.75. The molecule has 1 N–H and O–H groups in total. The van der Waals surface area contributed by atoms with Crippen molar-refractivity contribution in [3.8, 4) is 0 Å². The molecule has 106 valence electrons. The molecule has 1 aliphatic carbocycles. The summed E-state index contributed by atoms with van der Waals surface area (Å²) in [6.07, 6.45) is 3.52. The van der Waals surface area contributed by atoms with Crippen molar-refractivity contribution in [2.75, 3.05) is 0 Å². The summed E-state index contributed by atoms with van der Waals surface area (Å²) in [5.41, 5.74) is 1.95. The first-order valence-corrected chi connectivity index (χ1v) is 7.00. The number of halogens is 1. The van der Waals surface area contributed by atoms with Crippen LogP contribution in [-0.2, 0) is 20.0 Å². The first kappa shape index (κ1) is 13.2. The number of benzene rings is 1. The van der Waals surface area contributed by atoms with Gasteiger partial charge < -0.3 is 9.88 Å². The largest absolute Gasteiger partial charge is 0.320 e. The van der Waals surface area contributed by atoms with Gasteiger partial charge in [-0.25, -0.2) is 4.39 Å². The normalized spacial score (nSPS) is 21.8. The van der Waals surface area contributed by atoms with Gasteiger partial charge in [0.15, 0.2) is 0 Å². The fourth-order valence-corrected chi connectivity index (χ4v) is 2.96. The molecule has 5 heteroatoms. The van der Waals surface area contributed by atoms with Gasteiger partial charge in [0.2, 0.25) is 0 Å². The van der Waals surface area contributed by atoms with Gasteiger partial charge in [0.05, 0.1) is 6.54 Å². The number of hydrogen-bond acceptors (Lipinski definition) is 3. The van der Waals surface area contributed by atoms with Gasteiger partial charge >= 0.3 is 0 Å². The molecular formula is C15H19FN4. The zero-order valence-electron chi connectivity index (χ0n) is 11.8. The first-order chi connectivity index (χ1) is 9.66. The molecule has 2 aromatic rings. The highest BCUT2D eigenvalue weighted by Gasteiger charge is 2.28. The van der Waals surface area contributed by atoms with Crippen molar-refractivity contribution in [1.29, 1.82) is 0 Å². The highest BCUT2D eigenvalue weighted by molar-refractivity contribution is 5.34. The summed E-state index contributed by atoms with van der Waals surface area (Å²) in [7, 11) is 1.93. The van der Waals surface area contributed by atoms with Gasteiger partial charge in [0, 0.05) is 13.1 Å². The van der Waals surface area contributed by atoms with E-state index in [9.17, 15) is 4.39 Å². The van der Waals surface area contributed by atoms with Crippen molar-refractivity contribution in [3.05, 3.63) is 47.3 Å². The molecule has 2 atom stereocenters. The monoisotopic (exact) mass is 274 g/mol. The average Bonchev–Trinajstić information content (AvgIpc) is 2.83. The fraction of sp³-hybridized carbons (Fsp3) is 0.467. The minimum atomic E-state index is -0.0835. The Morgan fingerprint density at radius 1 is 1.45 bits per heavy atom. The molecule has 0 spiro atoms. The predicted octanol–water partition coefficient (Wildman–Crippen LogP) is 2.37. The molecule has 0 aliphatic heterocycles. The number of nitrogens with one attached hydrogen (secondary N) is 1. The maximum absolute atomic E-state index is 13.9. The minimum Gasteiger partial charge on any atom is -0.320 e. The SMILES string of the molecule is CC1CCc2c(F)cccc2C1NCc1nncn1C. The molecule has 1 heterocycles. The van der Waals surface area contributed by atoms with E-state index in [0.717, 1.165) is 29.8 Å². The van der Waals surface area contributed by atoms with E-state index in [1.54, 1.807) is 18.5 Å². The lowest BCUT2D eigenvalue weighted by atomic mass is 9.80. The van der Waals surface area contributed by atoms with Gasteiger partial charge in [-0.3, -0.25) is 0 Å². The molecule has 2 unspecified atom stereocenters. The summed E-state index contributed by atoms with van der Waals surface area (Å²) in [6, 6.07) is 5.55. The zero-order chi connectivity index (χ0) is 14.1. The third-order valence-corrected chi connectivity index (χ3v) is 4.19. The predicted molar refractivity (Wildman–Crippen MR) is 74.5 cm³/mol. The van der Waals surface area contributed by atoms with Crippen molar-refractivity contribution in [2.45, 2.75) is 32.4 Å². The lowest BCUT2D eigenvalue weighted by molar-refractivity contribution is 0.334. The number of aryl methyl sites for hydroxylation is 1. The molecule has 0 saturated carbocycles. The molecule has 3 rings (SSSR count). The van der Waals surface area contributed by atoms with Crippen LogP contribution in [0.5, 0.6) is 0 Å². The van der Waals surface area contributed by atoms with E-state index in [0.29, 0.717) is 12.5 Å². The van der Waals surface area contributed by atoms with Crippen molar-refractivity contribution >= 4 is 0 Å². The van der Waals surface area contributed by atoms with E-state index >= 15 is 0 Å². The van der Waals surface area contributed by atoms with E-state index in [-0.39, 0.29) is 11.9 Å². The van der Waals surface area contributed by atoms with Crippen molar-refractivity contribution < 1.29 is 4.39 Å². The summed E-state index contributed by atoms with van der Waals surface area (Å²) < 4.78 is 15.8. The highest BCUT2D eigenvalue weighted by atomic mass is 19.1. The Morgan fingerprint density at radius 2 is 2.30 bits per heavy atom. The molecule has 1 aliphatic rings. The van der Waals surface area contributed by atoms with Gasteiger partial charge in [-0.2, -0.15) is 0 Å². The Labute approximate surface area is 118 Å². The van der Waals surface area contributed by atoms with Gasteiger partial charge in [-0.1, -0.05) is 19.1 Å². The van der Waals surface area contributed by atoms with Crippen LogP contribution in [0.2, 0.25) is 0 Å². The molecule has 20 heavy (non-hydrogen) atoms. The van der Waals surface area contributed by atoms with Crippen molar-refractivity contribution in [3.63, 3.8) is 0 Å². The van der Waals surface area contributed by atoms with Crippen molar-refractivity contribution in [2.24, 2.45) is 13.0 Å². The molecule has 0 bridgehead atoms. The summed E-state index contributed by atoms with van der Waals surface area (Å²) >= 11 is 0. The Kier molecular flexibility index (Phi) is 3.53. The average molecular weight is 274 g/mol. The van der Waals surface area contributed by atoms with E-state index in [1.807, 2.05) is 17.7 Å². The highest BCUT2D eigenvalue weighted by Crippen LogP contribution is 2.35. The second-order valence-corrected chi connectivity index (χ2v) is 5.54. The summed E-state index contributed by atoms with van der Waals surface area (Å²) in [6.45, 7) is 2.85. The van der Waals surface area contributed by atoms with Crippen LogP contribution in [0.15, 0.2) is 24.5 Å². The second-order valence-electron chi connectivity index (χ2n) is 5.54. The maximum atomic E-state index is 13.9. The first-order valence-electron chi connectivity index (χ1n) is 7.00. The Morgan fingerprint density at radius 3 is 3.05 bits per heavy atom. The van der Waals surface area contributed by atoms with Crippen LogP contribution in [-0.4, -0.2) is 14.8 Å². The summed E-state index contributed by atoms with van der Waals surface area (Å²) in [5, 5.41) is 11.5. The molecule has 0 fully saturated rings. The minimum absolute atomic E-state index is 0.0835. The third kappa shape index (κ3) is 2.33. The van der Waals surface area contributed by atoms with Gasteiger partial charge in [-0.15, -0.1) is 10.2 Å². The standard InChI is InChI=1S/C15H19FN4/c1-10-6-7-11-12(4-3-5-13(11)16)15(10)17-8-14-19-18-9-20(14)2/h3-5,9-10,15,17H,6-8H2,1-2H3. The van der Waals surface area contributed by atoms with Crippen LogP contribution in [0.4, 0.5) is 4.39 Å². The number of fused-ring (bicyclic) bond motifs is 1. The van der Waals surface area contributed by atoms with Gasteiger partial charge in [0.25, 0.3) is 0 Å². The number of rotatable bonds is 3. The number of aromatic nitrogens is 3. The van der Waals surface area contributed by atoms with E-state index in [4.69, 9.17) is 0 Å². The lowest BCUT2D eigenvalue weighted by Gasteiger charge is -2.32. The van der Waals surface area contributed by atoms with Crippen molar-refractivity contribution in [1.82, 2.24) is 20.1 Å². The Bertz CT molecular complexity index is 608. The molecule has 1 aromatic carbocycles. The molecule has 4 nitrogen and oxygen atoms in total. The van der Waals surface area contributed by atoms with Gasteiger partial charge in [-0.05, 0) is 36.0 Å². The van der Waals surface area contributed by atoms with E-state index in [2.05, 4.69) is 22.4 Å². The van der Waals surface area contributed by atoms with Crippen LogP contribution in [0.3, 0.4) is 0 Å². The topological polar surface area (TPSA) is 42.7 Å². The summed E-state index contributed by atoms with van der Waals surface area (Å²) in [4.78, 5) is 0. The number of hydrogen-bond donors (Lipinski definition) is 1. The van der Waals surface area contributed by atoms with Gasteiger partial charge in [0.1, 0.15) is 18.0 Å². The molecule has 0 amide bonds. The van der Waals surface area contributed by atoms with Crippen LogP contribution >= 0.6 is 0 Å². The zero-order valence-corrected chi connectivity index (χ0v) is 11.8. The number of nitrogens with zero attached hydrogens (tertiary/aromatic N) is 3. The second kappa shape index (κ2) is 5.32. The molecule has 0 saturated heterocycles. The van der Waals surface area contributed by atoms with Crippen LogP contribution in [0, 0.1) is 11.7 Å². The van der Waals surface area contributed by atoms with Crippen LogP contribution in [0.1, 0.15) is 36.3 Å². The molecular weight excluding hydrogens is 255 g/mol. The van der Waals surface area contributed by atoms with Crippen LogP contribution in [0.25, 0.3) is 0 Å². The van der Waals surface area contributed by atoms with Crippen LogP contribution < -0.4 is 5.32 Å². The van der Waals surface area contributed by atoms with E-state index < -0.39 is 0 Å². The molecule has 1 aromatic heterocycles. The third-order valence-electron chi connectivity index (χ3n) is 4.19. The van der Waals surface area contributed by atoms with E-state index in [1.165, 1.54) is 0 Å². The maximum Gasteiger partial charge on any atom is 0.146 e. The lowest BCUT2D eigenvalue weighted by Crippen LogP contribution is -2.32. The Balaban J connectivity index is 1.83. The smallest absolute Gasteiger partial charge is 0.146 e.